The largest absolute Gasteiger partial charge is 0.353 e. The van der Waals surface area contributed by atoms with E-state index >= 15 is 0 Å². The van der Waals surface area contributed by atoms with E-state index in [0.717, 1.165) is 60.2 Å². The van der Waals surface area contributed by atoms with Crippen LogP contribution in [-0.2, 0) is 12.8 Å². The van der Waals surface area contributed by atoms with Crippen molar-refractivity contribution in [2.75, 3.05) is 31.1 Å². The number of anilines is 1. The fourth-order valence-corrected chi connectivity index (χ4v) is 7.69. The van der Waals surface area contributed by atoms with Crippen molar-refractivity contribution in [2.45, 2.75) is 32.2 Å². The number of hydrogen-bond acceptors (Lipinski definition) is 8. The van der Waals surface area contributed by atoms with E-state index in [1.165, 1.54) is 38.4 Å². The molecule has 8 heteroatoms. The van der Waals surface area contributed by atoms with Gasteiger partial charge in [0.15, 0.2) is 5.82 Å². The third-order valence-corrected chi connectivity index (χ3v) is 9.69. The number of hydrogen-bond donors (Lipinski definition) is 0. The van der Waals surface area contributed by atoms with Gasteiger partial charge in [-0.2, -0.15) is 0 Å². The SMILES string of the molecule is CC(c1nc2ccccc2s1)N1CCN(c2nc(-c3cccnc3)nc3sc4c(c23)CCC4)CC1. The lowest BCUT2D eigenvalue weighted by molar-refractivity contribution is 0.198. The Hall–Kier alpha value is -2.94. The van der Waals surface area contributed by atoms with Gasteiger partial charge in [0.2, 0.25) is 0 Å². The molecule has 1 fully saturated rings. The Morgan fingerprint density at radius 2 is 1.80 bits per heavy atom. The Kier molecular flexibility index (Phi) is 5.26. The van der Waals surface area contributed by atoms with Crippen LogP contribution in [0.4, 0.5) is 5.82 Å². The minimum absolute atomic E-state index is 0.316. The second-order valence-electron chi connectivity index (χ2n) is 9.37. The minimum Gasteiger partial charge on any atom is -0.353 e. The van der Waals surface area contributed by atoms with Crippen LogP contribution in [0.25, 0.3) is 31.8 Å². The summed E-state index contributed by atoms with van der Waals surface area (Å²) in [5.74, 6) is 1.89. The van der Waals surface area contributed by atoms with Crippen molar-refractivity contribution in [2.24, 2.45) is 0 Å². The number of thiazole rings is 1. The average molecular weight is 499 g/mol. The summed E-state index contributed by atoms with van der Waals surface area (Å²) in [5.41, 5.74) is 3.57. The van der Waals surface area contributed by atoms with Crippen LogP contribution < -0.4 is 4.90 Å². The zero-order chi connectivity index (χ0) is 23.4. The van der Waals surface area contributed by atoms with Crippen LogP contribution in [0.15, 0.2) is 48.8 Å². The van der Waals surface area contributed by atoms with E-state index in [-0.39, 0.29) is 0 Å². The molecule has 1 aliphatic carbocycles. The molecule has 0 amide bonds. The predicted octanol–water partition coefficient (Wildman–Crippen LogP) is 5.73. The molecule has 176 valence electrons. The smallest absolute Gasteiger partial charge is 0.164 e. The van der Waals surface area contributed by atoms with Crippen molar-refractivity contribution in [3.63, 3.8) is 0 Å². The summed E-state index contributed by atoms with van der Waals surface area (Å²) in [4.78, 5) is 27.0. The molecule has 1 aromatic carbocycles. The van der Waals surface area contributed by atoms with Crippen LogP contribution in [0.5, 0.6) is 0 Å². The van der Waals surface area contributed by atoms with E-state index in [1.54, 1.807) is 6.20 Å². The number of piperazine rings is 1. The number of aromatic nitrogens is 4. The number of benzene rings is 1. The van der Waals surface area contributed by atoms with Crippen LogP contribution in [0.1, 0.15) is 34.8 Å². The lowest BCUT2D eigenvalue weighted by atomic mass is 10.1. The molecule has 5 heterocycles. The van der Waals surface area contributed by atoms with Gasteiger partial charge in [-0.1, -0.05) is 12.1 Å². The van der Waals surface area contributed by atoms with Gasteiger partial charge in [-0.25, -0.2) is 15.0 Å². The monoisotopic (exact) mass is 498 g/mol. The summed E-state index contributed by atoms with van der Waals surface area (Å²) < 4.78 is 1.27. The first-order valence-corrected chi connectivity index (χ1v) is 13.9. The Balaban J connectivity index is 1.19. The van der Waals surface area contributed by atoms with Crippen LogP contribution in [0, 0.1) is 0 Å². The van der Waals surface area contributed by atoms with E-state index in [2.05, 4.69) is 52.0 Å². The van der Waals surface area contributed by atoms with Gasteiger partial charge in [-0.3, -0.25) is 9.88 Å². The standard InChI is InChI=1S/C27H26N6S2/c1-17(26-29-20-8-2-3-9-22(20)35-26)32-12-14-33(15-13-32)25-23-19-7-4-10-21(19)34-27(23)31-24(30-25)18-6-5-11-28-16-18/h2-3,5-6,8-9,11,16-17H,4,7,10,12-15H2,1H3. The molecule has 1 saturated heterocycles. The quantitative estimate of drug-likeness (QED) is 0.315. The van der Waals surface area contributed by atoms with Crippen molar-refractivity contribution in [1.82, 2.24) is 24.8 Å². The number of pyridine rings is 1. The first-order valence-electron chi connectivity index (χ1n) is 12.3. The molecule has 7 rings (SSSR count). The molecule has 35 heavy (non-hydrogen) atoms. The summed E-state index contributed by atoms with van der Waals surface area (Å²) >= 11 is 3.68. The van der Waals surface area contributed by atoms with Gasteiger partial charge >= 0.3 is 0 Å². The molecule has 6 nitrogen and oxygen atoms in total. The molecule has 0 N–H and O–H groups in total. The zero-order valence-electron chi connectivity index (χ0n) is 19.6. The van der Waals surface area contributed by atoms with E-state index in [4.69, 9.17) is 15.0 Å². The Morgan fingerprint density at radius 3 is 2.63 bits per heavy atom. The van der Waals surface area contributed by atoms with E-state index in [0.29, 0.717) is 6.04 Å². The molecule has 1 unspecified atom stereocenters. The molecule has 1 atom stereocenters. The summed E-state index contributed by atoms with van der Waals surface area (Å²) in [6.45, 7) is 6.20. The van der Waals surface area contributed by atoms with Crippen molar-refractivity contribution in [3.05, 3.63) is 64.2 Å². The lowest BCUT2D eigenvalue weighted by Crippen LogP contribution is -2.47. The number of thiophene rings is 1. The van der Waals surface area contributed by atoms with Gasteiger partial charge in [0.25, 0.3) is 0 Å². The molecule has 0 radical (unpaired) electrons. The second-order valence-corrected chi connectivity index (χ2v) is 11.5. The molecule has 5 aromatic rings. The van der Waals surface area contributed by atoms with Crippen molar-refractivity contribution in [3.8, 4) is 11.4 Å². The van der Waals surface area contributed by atoms with Crippen LogP contribution in [-0.4, -0.2) is 51.0 Å². The Labute approximate surface area is 212 Å². The van der Waals surface area contributed by atoms with E-state index < -0.39 is 0 Å². The van der Waals surface area contributed by atoms with Gasteiger partial charge in [0.1, 0.15) is 15.7 Å². The molecule has 2 aliphatic rings. The third kappa shape index (κ3) is 3.71. The zero-order valence-corrected chi connectivity index (χ0v) is 21.3. The van der Waals surface area contributed by atoms with Gasteiger partial charge in [0, 0.05) is 49.0 Å². The molecule has 0 saturated carbocycles. The summed E-state index contributed by atoms with van der Waals surface area (Å²) in [6, 6.07) is 12.8. The van der Waals surface area contributed by atoms with Crippen molar-refractivity contribution >= 4 is 48.9 Å². The maximum Gasteiger partial charge on any atom is 0.164 e. The summed E-state index contributed by atoms with van der Waals surface area (Å²) in [5, 5.41) is 2.50. The highest BCUT2D eigenvalue weighted by atomic mass is 32.1. The number of fused-ring (bicyclic) bond motifs is 4. The van der Waals surface area contributed by atoms with Crippen molar-refractivity contribution in [1.29, 1.82) is 0 Å². The molecule has 0 bridgehead atoms. The first kappa shape index (κ1) is 21.4. The van der Waals surface area contributed by atoms with Crippen LogP contribution >= 0.6 is 22.7 Å². The fourth-order valence-electron chi connectivity index (χ4n) is 5.38. The number of aryl methyl sites for hydroxylation is 2. The summed E-state index contributed by atoms with van der Waals surface area (Å²) in [6.07, 6.45) is 7.23. The van der Waals surface area contributed by atoms with Gasteiger partial charge < -0.3 is 4.90 Å². The second kappa shape index (κ2) is 8.62. The summed E-state index contributed by atoms with van der Waals surface area (Å²) in [7, 11) is 0. The molecule has 4 aromatic heterocycles. The lowest BCUT2D eigenvalue weighted by Gasteiger charge is -2.38. The molecular weight excluding hydrogens is 472 g/mol. The average Bonchev–Trinajstić information content (AvgIpc) is 3.63. The first-order chi connectivity index (χ1) is 17.2. The minimum atomic E-state index is 0.316. The molecular formula is C27H26N6S2. The van der Waals surface area contributed by atoms with Crippen LogP contribution in [0.3, 0.4) is 0 Å². The van der Waals surface area contributed by atoms with E-state index in [9.17, 15) is 0 Å². The van der Waals surface area contributed by atoms with Crippen LogP contribution in [0.2, 0.25) is 0 Å². The number of para-hydroxylation sites is 1. The highest BCUT2D eigenvalue weighted by molar-refractivity contribution is 7.19. The topological polar surface area (TPSA) is 58.0 Å². The Morgan fingerprint density at radius 1 is 0.914 bits per heavy atom. The third-order valence-electron chi connectivity index (χ3n) is 7.29. The van der Waals surface area contributed by atoms with Crippen molar-refractivity contribution < 1.29 is 0 Å². The molecule has 1 aliphatic heterocycles. The normalized spacial score (nSPS) is 17.3. The van der Waals surface area contributed by atoms with E-state index in [1.807, 2.05) is 34.9 Å². The predicted molar refractivity (Wildman–Crippen MR) is 144 cm³/mol. The van der Waals surface area contributed by atoms with Gasteiger partial charge in [0.05, 0.1) is 21.6 Å². The van der Waals surface area contributed by atoms with Gasteiger partial charge in [-0.05, 0) is 56.0 Å². The Bertz CT molecular complexity index is 1480. The number of rotatable bonds is 4. The fraction of sp³-hybridized carbons (Fsp3) is 0.333. The highest BCUT2D eigenvalue weighted by Gasteiger charge is 2.29. The number of nitrogens with zero attached hydrogens (tertiary/aromatic N) is 6. The molecule has 0 spiro atoms. The maximum atomic E-state index is 5.15. The highest BCUT2D eigenvalue weighted by Crippen LogP contribution is 2.42. The van der Waals surface area contributed by atoms with Gasteiger partial charge in [-0.15, -0.1) is 22.7 Å². The maximum absolute atomic E-state index is 5.15.